The van der Waals surface area contributed by atoms with Gasteiger partial charge in [-0.2, -0.15) is 0 Å². The number of aliphatic imine (C=N–C) groups is 1. The van der Waals surface area contributed by atoms with Crippen LogP contribution in [0.3, 0.4) is 0 Å². The monoisotopic (exact) mass is 328 g/mol. The van der Waals surface area contributed by atoms with Crippen LogP contribution in [0.5, 0.6) is 0 Å². The van der Waals surface area contributed by atoms with Gasteiger partial charge in [-0.1, -0.05) is 37.3 Å². The van der Waals surface area contributed by atoms with Crippen molar-refractivity contribution in [1.29, 1.82) is 0 Å². The third-order valence-electron chi connectivity index (χ3n) is 5.50. The van der Waals surface area contributed by atoms with Crippen molar-refractivity contribution < 1.29 is 0 Å². The van der Waals surface area contributed by atoms with Crippen molar-refractivity contribution in [3.05, 3.63) is 35.9 Å². The Hall–Kier alpha value is -1.55. The average molecular weight is 329 g/mol. The summed E-state index contributed by atoms with van der Waals surface area (Å²) >= 11 is 0. The van der Waals surface area contributed by atoms with E-state index in [0.29, 0.717) is 0 Å². The van der Waals surface area contributed by atoms with Crippen LogP contribution in [0.15, 0.2) is 35.3 Å². The van der Waals surface area contributed by atoms with Crippen molar-refractivity contribution in [2.75, 3.05) is 39.3 Å². The molecule has 1 unspecified atom stereocenters. The lowest BCUT2D eigenvalue weighted by Crippen LogP contribution is -2.40. The van der Waals surface area contributed by atoms with Crippen LogP contribution in [0.2, 0.25) is 0 Å². The number of nitrogens with one attached hydrogen (secondary N) is 2. The molecular weight excluding hydrogens is 296 g/mol. The maximum absolute atomic E-state index is 4.90. The number of rotatable bonds is 7. The maximum atomic E-state index is 4.90. The topological polar surface area (TPSA) is 39.7 Å². The first kappa shape index (κ1) is 17.3. The molecule has 4 nitrogen and oxygen atoms in total. The lowest BCUT2D eigenvalue weighted by Gasteiger charge is -2.18. The quantitative estimate of drug-likeness (QED) is 0.597. The number of nitrogens with zero attached hydrogens (tertiary/aromatic N) is 2. The van der Waals surface area contributed by atoms with Crippen molar-refractivity contribution >= 4 is 5.96 Å². The molecule has 1 heterocycles. The SMILES string of the molecule is CCNC(=NCC1(c2ccccc2)CC1)NCC1CCN(CC)C1. The smallest absolute Gasteiger partial charge is 0.191 e. The van der Waals surface area contributed by atoms with Crippen LogP contribution >= 0.6 is 0 Å². The Balaban J connectivity index is 1.54. The number of benzene rings is 1. The molecule has 0 bridgehead atoms. The van der Waals surface area contributed by atoms with Gasteiger partial charge >= 0.3 is 0 Å². The van der Waals surface area contributed by atoms with E-state index in [1.807, 2.05) is 0 Å². The molecule has 132 valence electrons. The summed E-state index contributed by atoms with van der Waals surface area (Å²) in [7, 11) is 0. The molecule has 1 aromatic rings. The van der Waals surface area contributed by atoms with E-state index < -0.39 is 0 Å². The zero-order chi connectivity index (χ0) is 16.8. The van der Waals surface area contributed by atoms with Crippen LogP contribution in [0.4, 0.5) is 0 Å². The van der Waals surface area contributed by atoms with Crippen LogP contribution in [0.1, 0.15) is 38.7 Å². The van der Waals surface area contributed by atoms with Gasteiger partial charge in [0.05, 0.1) is 6.54 Å². The van der Waals surface area contributed by atoms with E-state index in [2.05, 4.69) is 59.7 Å². The Morgan fingerprint density at radius 3 is 2.62 bits per heavy atom. The summed E-state index contributed by atoms with van der Waals surface area (Å²) in [6, 6.07) is 10.9. The summed E-state index contributed by atoms with van der Waals surface area (Å²) in [5, 5.41) is 6.98. The maximum Gasteiger partial charge on any atom is 0.191 e. The van der Waals surface area contributed by atoms with E-state index in [9.17, 15) is 0 Å². The van der Waals surface area contributed by atoms with E-state index in [4.69, 9.17) is 4.99 Å². The molecule has 2 aliphatic rings. The zero-order valence-electron chi connectivity index (χ0n) is 15.2. The molecule has 0 radical (unpaired) electrons. The highest BCUT2D eigenvalue weighted by Crippen LogP contribution is 2.48. The molecule has 0 aromatic heterocycles. The molecular formula is C20H32N4. The molecule has 1 aliphatic heterocycles. The van der Waals surface area contributed by atoms with Gasteiger partial charge in [-0.05, 0) is 50.8 Å². The van der Waals surface area contributed by atoms with Gasteiger partial charge in [0.1, 0.15) is 0 Å². The average Bonchev–Trinajstić information content (AvgIpc) is 3.28. The lowest BCUT2D eigenvalue weighted by molar-refractivity contribution is 0.342. The van der Waals surface area contributed by atoms with E-state index in [1.54, 1.807) is 0 Å². The predicted octanol–water partition coefficient (Wildman–Crippen LogP) is 2.62. The second kappa shape index (κ2) is 8.02. The summed E-state index contributed by atoms with van der Waals surface area (Å²) in [6.07, 6.45) is 3.82. The second-order valence-corrected chi connectivity index (χ2v) is 7.27. The highest BCUT2D eigenvalue weighted by Gasteiger charge is 2.44. The van der Waals surface area contributed by atoms with Gasteiger partial charge in [0, 0.05) is 25.0 Å². The molecule has 0 spiro atoms. The van der Waals surface area contributed by atoms with E-state index >= 15 is 0 Å². The minimum atomic E-state index is 0.288. The first-order chi connectivity index (χ1) is 11.8. The van der Waals surface area contributed by atoms with Crippen molar-refractivity contribution in [2.24, 2.45) is 10.9 Å². The van der Waals surface area contributed by atoms with Gasteiger partial charge in [-0.15, -0.1) is 0 Å². The number of hydrogen-bond donors (Lipinski definition) is 2. The molecule has 1 saturated heterocycles. The molecule has 1 atom stereocenters. The van der Waals surface area contributed by atoms with Gasteiger partial charge in [0.2, 0.25) is 0 Å². The first-order valence-electron chi connectivity index (χ1n) is 9.56. The summed E-state index contributed by atoms with van der Waals surface area (Å²) in [5.74, 6) is 1.73. The fourth-order valence-electron chi connectivity index (χ4n) is 3.66. The van der Waals surface area contributed by atoms with Crippen LogP contribution in [0.25, 0.3) is 0 Å². The normalized spacial score (nSPS) is 23.2. The molecule has 3 rings (SSSR count). The predicted molar refractivity (Wildman–Crippen MR) is 102 cm³/mol. The summed E-state index contributed by atoms with van der Waals surface area (Å²) in [4.78, 5) is 7.44. The molecule has 0 amide bonds. The molecule has 2 fully saturated rings. The van der Waals surface area contributed by atoms with E-state index in [-0.39, 0.29) is 5.41 Å². The van der Waals surface area contributed by atoms with Gasteiger partial charge < -0.3 is 15.5 Å². The largest absolute Gasteiger partial charge is 0.357 e. The number of hydrogen-bond acceptors (Lipinski definition) is 2. The third kappa shape index (κ3) is 4.29. The van der Waals surface area contributed by atoms with Crippen molar-refractivity contribution in [3.8, 4) is 0 Å². The lowest BCUT2D eigenvalue weighted by atomic mass is 9.96. The van der Waals surface area contributed by atoms with E-state index in [1.165, 1.54) is 44.5 Å². The van der Waals surface area contributed by atoms with Gasteiger partial charge in [0.25, 0.3) is 0 Å². The number of likely N-dealkylation sites (tertiary alicyclic amines) is 1. The highest BCUT2D eigenvalue weighted by molar-refractivity contribution is 5.79. The van der Waals surface area contributed by atoms with Crippen molar-refractivity contribution in [1.82, 2.24) is 15.5 Å². The Morgan fingerprint density at radius 1 is 1.21 bits per heavy atom. The standard InChI is InChI=1S/C20H32N4/c1-3-21-19(22-14-17-10-13-24(4-2)15-17)23-16-20(11-12-20)18-8-6-5-7-9-18/h5-9,17H,3-4,10-16H2,1-2H3,(H2,21,22,23). The second-order valence-electron chi connectivity index (χ2n) is 7.27. The third-order valence-corrected chi connectivity index (χ3v) is 5.50. The van der Waals surface area contributed by atoms with Gasteiger partial charge in [-0.25, -0.2) is 0 Å². The molecule has 1 aliphatic carbocycles. The van der Waals surface area contributed by atoms with Crippen LogP contribution < -0.4 is 10.6 Å². The minimum absolute atomic E-state index is 0.288. The highest BCUT2D eigenvalue weighted by atomic mass is 15.2. The molecule has 1 saturated carbocycles. The molecule has 24 heavy (non-hydrogen) atoms. The van der Waals surface area contributed by atoms with E-state index in [0.717, 1.165) is 31.5 Å². The van der Waals surface area contributed by atoms with Crippen molar-refractivity contribution in [3.63, 3.8) is 0 Å². The zero-order valence-corrected chi connectivity index (χ0v) is 15.2. The minimum Gasteiger partial charge on any atom is -0.357 e. The molecule has 1 aromatic carbocycles. The van der Waals surface area contributed by atoms with Crippen LogP contribution in [-0.2, 0) is 5.41 Å². The van der Waals surface area contributed by atoms with Crippen molar-refractivity contribution in [2.45, 2.75) is 38.5 Å². The van der Waals surface area contributed by atoms with Gasteiger partial charge in [-0.3, -0.25) is 4.99 Å². The fraction of sp³-hybridized carbons (Fsp3) is 0.650. The molecule has 4 heteroatoms. The summed E-state index contributed by atoms with van der Waals surface area (Å²) in [6.45, 7) is 10.8. The number of guanidine groups is 1. The van der Waals surface area contributed by atoms with Crippen LogP contribution in [0, 0.1) is 5.92 Å². The van der Waals surface area contributed by atoms with Gasteiger partial charge in [0.15, 0.2) is 5.96 Å². The summed E-state index contributed by atoms with van der Waals surface area (Å²) < 4.78 is 0. The Morgan fingerprint density at radius 2 is 2.00 bits per heavy atom. The fourth-order valence-corrected chi connectivity index (χ4v) is 3.66. The Kier molecular flexibility index (Phi) is 5.77. The Bertz CT molecular complexity index is 536. The first-order valence-corrected chi connectivity index (χ1v) is 9.56. The van der Waals surface area contributed by atoms with Crippen LogP contribution in [-0.4, -0.2) is 50.1 Å². The Labute approximate surface area is 146 Å². The summed E-state index contributed by atoms with van der Waals surface area (Å²) in [5.41, 5.74) is 1.73. The molecule has 2 N–H and O–H groups in total.